The number of rotatable bonds is 7. The largest absolute Gasteiger partial charge is 0.497 e. The number of carbonyl (C=O) groups is 2. The van der Waals surface area contributed by atoms with Crippen LogP contribution in [0.25, 0.3) is 0 Å². The van der Waals surface area contributed by atoms with Crippen molar-refractivity contribution in [2.45, 2.75) is 38.8 Å². The number of methoxy groups -OCH3 is 2. The van der Waals surface area contributed by atoms with Crippen molar-refractivity contribution >= 4 is 11.8 Å². The second kappa shape index (κ2) is 9.36. The number of carbonyl (C=O) groups excluding carboxylic acids is 2. The third-order valence-electron chi connectivity index (χ3n) is 5.13. The minimum atomic E-state index is -0.306. The average Bonchev–Trinajstić information content (AvgIpc) is 3.20. The van der Waals surface area contributed by atoms with Crippen LogP contribution >= 0.6 is 0 Å². The molecule has 8 nitrogen and oxygen atoms in total. The van der Waals surface area contributed by atoms with E-state index in [9.17, 15) is 9.59 Å². The molecule has 29 heavy (non-hydrogen) atoms. The van der Waals surface area contributed by atoms with Gasteiger partial charge in [-0.2, -0.15) is 0 Å². The fourth-order valence-corrected chi connectivity index (χ4v) is 3.51. The van der Waals surface area contributed by atoms with Crippen LogP contribution in [0.4, 0.5) is 0 Å². The van der Waals surface area contributed by atoms with Gasteiger partial charge in [-0.05, 0) is 31.9 Å². The first-order valence-electron chi connectivity index (χ1n) is 9.60. The van der Waals surface area contributed by atoms with Crippen LogP contribution in [0.1, 0.15) is 41.0 Å². The molecule has 1 aromatic heterocycles. The molecule has 0 unspecified atom stereocenters. The Hall–Kier alpha value is -3.16. The van der Waals surface area contributed by atoms with Crippen LogP contribution in [0.5, 0.6) is 11.5 Å². The van der Waals surface area contributed by atoms with E-state index in [0.29, 0.717) is 18.0 Å². The zero-order chi connectivity index (χ0) is 20.8. The Morgan fingerprint density at radius 3 is 2.66 bits per heavy atom. The average molecular weight is 398 g/mol. The summed E-state index contributed by atoms with van der Waals surface area (Å²) in [5.41, 5.74) is 1.86. The molecule has 2 N–H and O–H groups in total. The smallest absolute Gasteiger partial charge is 0.271 e. The van der Waals surface area contributed by atoms with Crippen LogP contribution in [0.2, 0.25) is 0 Å². The van der Waals surface area contributed by atoms with Crippen molar-refractivity contribution in [1.29, 1.82) is 0 Å². The normalized spacial score (nSPS) is 18.2. The van der Waals surface area contributed by atoms with E-state index in [1.165, 1.54) is 6.20 Å². The predicted molar refractivity (Wildman–Crippen MR) is 107 cm³/mol. The van der Waals surface area contributed by atoms with Crippen LogP contribution in [-0.4, -0.2) is 42.0 Å². The van der Waals surface area contributed by atoms with Gasteiger partial charge in [0.15, 0.2) is 0 Å². The van der Waals surface area contributed by atoms with Gasteiger partial charge in [0.05, 0.1) is 32.0 Å². The van der Waals surface area contributed by atoms with E-state index in [-0.39, 0.29) is 29.5 Å². The molecule has 0 saturated heterocycles. The Kier molecular flexibility index (Phi) is 6.64. The number of hydrogen-bond acceptors (Lipinski definition) is 6. The van der Waals surface area contributed by atoms with E-state index in [0.717, 1.165) is 30.5 Å². The Balaban J connectivity index is 1.60. The molecule has 2 aromatic rings. The van der Waals surface area contributed by atoms with Crippen molar-refractivity contribution in [2.24, 2.45) is 5.92 Å². The molecular formula is C21H26N4O4. The van der Waals surface area contributed by atoms with Crippen LogP contribution < -0.4 is 20.1 Å². The zero-order valence-corrected chi connectivity index (χ0v) is 16.9. The van der Waals surface area contributed by atoms with E-state index >= 15 is 0 Å². The summed E-state index contributed by atoms with van der Waals surface area (Å²) in [5, 5.41) is 5.90. The molecule has 1 aliphatic carbocycles. The number of aryl methyl sites for hydroxylation is 1. The first-order chi connectivity index (χ1) is 14.0. The fraction of sp³-hybridized carbons (Fsp3) is 0.429. The quantitative estimate of drug-likeness (QED) is 0.740. The highest BCUT2D eigenvalue weighted by Gasteiger charge is 2.34. The van der Waals surface area contributed by atoms with Crippen molar-refractivity contribution in [2.75, 3.05) is 14.2 Å². The molecular weight excluding hydrogens is 372 g/mol. The summed E-state index contributed by atoms with van der Waals surface area (Å²) in [6.45, 7) is 2.15. The van der Waals surface area contributed by atoms with Crippen molar-refractivity contribution in [3.8, 4) is 11.5 Å². The highest BCUT2D eigenvalue weighted by Crippen LogP contribution is 2.27. The molecule has 1 aliphatic rings. The molecule has 3 rings (SSSR count). The third kappa shape index (κ3) is 5.01. The lowest BCUT2D eigenvalue weighted by Crippen LogP contribution is -2.44. The van der Waals surface area contributed by atoms with Crippen molar-refractivity contribution in [3.05, 3.63) is 47.5 Å². The minimum absolute atomic E-state index is 0.0827. The monoisotopic (exact) mass is 398 g/mol. The molecule has 0 radical (unpaired) electrons. The van der Waals surface area contributed by atoms with Gasteiger partial charge in [0.1, 0.15) is 17.2 Å². The molecule has 0 bridgehead atoms. The molecule has 1 heterocycles. The van der Waals surface area contributed by atoms with E-state index in [1.54, 1.807) is 26.5 Å². The number of amides is 2. The van der Waals surface area contributed by atoms with E-state index in [4.69, 9.17) is 9.47 Å². The van der Waals surface area contributed by atoms with Gasteiger partial charge in [0, 0.05) is 30.4 Å². The maximum Gasteiger partial charge on any atom is 0.271 e. The lowest BCUT2D eigenvalue weighted by atomic mass is 10.0. The summed E-state index contributed by atoms with van der Waals surface area (Å²) in [7, 11) is 3.17. The van der Waals surface area contributed by atoms with Crippen molar-refractivity contribution < 1.29 is 19.1 Å². The Labute approximate surface area is 170 Å². The maximum absolute atomic E-state index is 12.8. The van der Waals surface area contributed by atoms with Gasteiger partial charge in [-0.25, -0.2) is 4.98 Å². The summed E-state index contributed by atoms with van der Waals surface area (Å²) < 4.78 is 10.6. The third-order valence-corrected chi connectivity index (χ3v) is 5.13. The van der Waals surface area contributed by atoms with Crippen LogP contribution in [-0.2, 0) is 11.3 Å². The second-order valence-corrected chi connectivity index (χ2v) is 7.06. The molecule has 8 heteroatoms. The molecule has 1 fully saturated rings. The number of benzene rings is 1. The molecule has 2 atom stereocenters. The Morgan fingerprint density at radius 2 is 1.97 bits per heavy atom. The van der Waals surface area contributed by atoms with Gasteiger partial charge >= 0.3 is 0 Å². The summed E-state index contributed by atoms with van der Waals surface area (Å²) in [6, 6.07) is 5.25. The Morgan fingerprint density at radius 1 is 1.14 bits per heavy atom. The highest BCUT2D eigenvalue weighted by atomic mass is 16.5. The van der Waals surface area contributed by atoms with Gasteiger partial charge in [-0.3, -0.25) is 14.6 Å². The van der Waals surface area contributed by atoms with Gasteiger partial charge in [0.25, 0.3) is 5.91 Å². The number of nitrogens with zero attached hydrogens (tertiary/aromatic N) is 2. The lowest BCUT2D eigenvalue weighted by Gasteiger charge is -2.20. The van der Waals surface area contributed by atoms with Gasteiger partial charge < -0.3 is 20.1 Å². The van der Waals surface area contributed by atoms with Gasteiger partial charge in [0.2, 0.25) is 5.91 Å². The van der Waals surface area contributed by atoms with Crippen molar-refractivity contribution in [3.63, 3.8) is 0 Å². The highest BCUT2D eigenvalue weighted by molar-refractivity contribution is 5.92. The molecule has 154 valence electrons. The summed E-state index contributed by atoms with van der Waals surface area (Å²) >= 11 is 0. The first-order valence-corrected chi connectivity index (χ1v) is 9.60. The molecule has 0 spiro atoms. The molecule has 0 aliphatic heterocycles. The molecule has 1 saturated carbocycles. The fourth-order valence-electron chi connectivity index (χ4n) is 3.51. The standard InChI is InChI=1S/C21H26N4O4/c1-13-10-23-18(12-22-13)21(27)25-17-6-4-5-16(17)20(26)24-11-14-7-8-15(28-2)9-19(14)29-3/h7-10,12,16-17H,4-6,11H2,1-3H3,(H,24,26)(H,25,27)/t16-,17+/m0/s1. The predicted octanol–water partition coefficient (Wildman–Crippen LogP) is 2.02. The summed E-state index contributed by atoms with van der Waals surface area (Å²) in [6.07, 6.45) is 5.38. The first kappa shape index (κ1) is 20.6. The molecule has 2 amide bonds. The van der Waals surface area contributed by atoms with E-state index < -0.39 is 0 Å². The van der Waals surface area contributed by atoms with Crippen LogP contribution in [0, 0.1) is 12.8 Å². The van der Waals surface area contributed by atoms with Crippen LogP contribution in [0.3, 0.4) is 0 Å². The minimum Gasteiger partial charge on any atom is -0.497 e. The van der Waals surface area contributed by atoms with Gasteiger partial charge in [-0.15, -0.1) is 0 Å². The second-order valence-electron chi connectivity index (χ2n) is 7.06. The Bertz CT molecular complexity index is 869. The lowest BCUT2D eigenvalue weighted by molar-refractivity contribution is -0.125. The summed E-state index contributed by atoms with van der Waals surface area (Å²) in [4.78, 5) is 33.4. The maximum atomic E-state index is 12.8. The van der Waals surface area contributed by atoms with Crippen LogP contribution in [0.15, 0.2) is 30.6 Å². The number of ether oxygens (including phenoxy) is 2. The topological polar surface area (TPSA) is 102 Å². The van der Waals surface area contributed by atoms with E-state index in [2.05, 4.69) is 20.6 Å². The zero-order valence-electron chi connectivity index (χ0n) is 16.9. The number of nitrogens with one attached hydrogen (secondary N) is 2. The van der Waals surface area contributed by atoms with Crippen molar-refractivity contribution in [1.82, 2.24) is 20.6 Å². The summed E-state index contributed by atoms with van der Waals surface area (Å²) in [5.74, 6) is 0.676. The van der Waals surface area contributed by atoms with E-state index in [1.807, 2.05) is 19.1 Å². The number of hydrogen-bond donors (Lipinski definition) is 2. The number of aromatic nitrogens is 2. The van der Waals surface area contributed by atoms with Gasteiger partial charge in [-0.1, -0.05) is 6.42 Å². The SMILES string of the molecule is COc1ccc(CNC(=O)[C@H]2CCC[C@H]2NC(=O)c2cnc(C)cn2)c(OC)c1. The molecule has 1 aromatic carbocycles.